The van der Waals surface area contributed by atoms with Gasteiger partial charge in [0.05, 0.1) is 18.3 Å². The zero-order valence-corrected chi connectivity index (χ0v) is 19.2. The van der Waals surface area contributed by atoms with Gasteiger partial charge in [-0.2, -0.15) is 0 Å². The predicted octanol–water partition coefficient (Wildman–Crippen LogP) is 6.78. The van der Waals surface area contributed by atoms with Crippen LogP contribution < -0.4 is 4.74 Å². The zero-order valence-electron chi connectivity index (χ0n) is 18.3. The maximum Gasteiger partial charge on any atom is 0.169 e. The normalized spacial score (nSPS) is 23.7. The minimum Gasteiger partial charge on any atom is -0.493 e. The number of allylic oxidation sites excluding steroid dienone is 1. The van der Waals surface area contributed by atoms with Gasteiger partial charge >= 0.3 is 0 Å². The van der Waals surface area contributed by atoms with Gasteiger partial charge in [-0.15, -0.1) is 0 Å². The molecule has 3 aliphatic heterocycles. The van der Waals surface area contributed by atoms with Gasteiger partial charge in [0.1, 0.15) is 5.75 Å². The van der Waals surface area contributed by atoms with Gasteiger partial charge in [-0.1, -0.05) is 71.9 Å². The Bertz CT molecular complexity index is 1270. The topological polar surface area (TPSA) is 24.8 Å². The molecule has 3 aromatic rings. The molecule has 0 aromatic heterocycles. The first-order valence-electron chi connectivity index (χ1n) is 10.9. The zero-order chi connectivity index (χ0) is 21.3. The Kier molecular flexibility index (Phi) is 4.07. The Morgan fingerprint density at radius 3 is 2.58 bits per heavy atom. The smallest absolute Gasteiger partial charge is 0.169 e. The number of hydrogen-bond donors (Lipinski definition) is 0. The second-order valence-corrected chi connectivity index (χ2v) is 10.5. The van der Waals surface area contributed by atoms with Gasteiger partial charge < -0.3 is 9.64 Å². The fraction of sp³-hybridized carbons (Fsp3) is 0.296. The van der Waals surface area contributed by atoms with Gasteiger partial charge in [-0.25, -0.2) is 0 Å². The number of amidine groups is 1. The summed E-state index contributed by atoms with van der Waals surface area (Å²) in [6.07, 6.45) is 0. The van der Waals surface area contributed by atoms with Gasteiger partial charge in [-0.05, 0) is 50.1 Å². The molecule has 4 heteroatoms. The van der Waals surface area contributed by atoms with Crippen molar-refractivity contribution in [3.63, 3.8) is 0 Å². The third-order valence-corrected chi connectivity index (χ3v) is 8.05. The summed E-state index contributed by atoms with van der Waals surface area (Å²) in [6, 6.07) is 21.9. The molecule has 3 heterocycles. The van der Waals surface area contributed by atoms with Crippen LogP contribution >= 0.6 is 11.8 Å². The van der Waals surface area contributed by atoms with Gasteiger partial charge in [0.15, 0.2) is 5.17 Å². The van der Waals surface area contributed by atoms with Crippen LogP contribution in [-0.4, -0.2) is 22.2 Å². The van der Waals surface area contributed by atoms with Crippen LogP contribution in [0.15, 0.2) is 70.6 Å². The number of hydrogen-bond acceptors (Lipinski definition) is 4. The fourth-order valence-electron chi connectivity index (χ4n) is 5.35. The lowest BCUT2D eigenvalue weighted by molar-refractivity contribution is 0.0753. The van der Waals surface area contributed by atoms with Crippen molar-refractivity contribution in [3.05, 3.63) is 82.3 Å². The molecule has 0 saturated heterocycles. The van der Waals surface area contributed by atoms with E-state index in [9.17, 15) is 0 Å². The summed E-state index contributed by atoms with van der Waals surface area (Å²) in [4.78, 5) is 9.16. The highest BCUT2D eigenvalue weighted by molar-refractivity contribution is 8.17. The molecule has 31 heavy (non-hydrogen) atoms. The second kappa shape index (κ2) is 6.64. The molecule has 3 nitrogen and oxygen atoms in total. The molecule has 2 atom stereocenters. The quantitative estimate of drug-likeness (QED) is 0.428. The number of aryl methyl sites for hydroxylation is 1. The molecular formula is C27H26N2OS. The summed E-state index contributed by atoms with van der Waals surface area (Å²) in [6.45, 7) is 9.75. The van der Waals surface area contributed by atoms with Gasteiger partial charge in [-0.3, -0.25) is 4.99 Å². The summed E-state index contributed by atoms with van der Waals surface area (Å²) in [5.74, 6) is 1.25. The van der Waals surface area contributed by atoms with Crippen LogP contribution in [0.3, 0.4) is 0 Å². The van der Waals surface area contributed by atoms with E-state index in [0.717, 1.165) is 10.9 Å². The number of benzene rings is 3. The first kappa shape index (κ1) is 19.0. The van der Waals surface area contributed by atoms with Crippen molar-refractivity contribution < 1.29 is 4.74 Å². The largest absolute Gasteiger partial charge is 0.493 e. The maximum absolute atomic E-state index is 6.35. The predicted molar refractivity (Wildman–Crippen MR) is 130 cm³/mol. The number of thioether (sulfide) groups is 1. The molecule has 0 fully saturated rings. The highest BCUT2D eigenvalue weighted by Gasteiger charge is 2.52. The third-order valence-electron chi connectivity index (χ3n) is 7.08. The number of nitrogens with zero attached hydrogens (tertiary/aromatic N) is 2. The van der Waals surface area contributed by atoms with Crippen LogP contribution in [0.5, 0.6) is 5.75 Å². The van der Waals surface area contributed by atoms with E-state index < -0.39 is 0 Å². The molecule has 0 spiro atoms. The molecule has 6 rings (SSSR count). The van der Waals surface area contributed by atoms with Crippen LogP contribution in [-0.2, 0) is 0 Å². The number of ether oxygens (including phenoxy) is 1. The van der Waals surface area contributed by atoms with Crippen molar-refractivity contribution in [2.45, 2.75) is 39.3 Å². The van der Waals surface area contributed by atoms with E-state index in [0.29, 0.717) is 6.61 Å². The molecular weight excluding hydrogens is 400 g/mol. The lowest BCUT2D eigenvalue weighted by Crippen LogP contribution is -2.56. The standard InChI is InChI=1S/C27H26N2OS/c1-16-9-11-19(12-10-16)25-17(2)31-26-28-24-21(27(3,4)29(25)26)15-30-22-14-13-18-7-5-6-8-20(18)23(22)24/h5-14,21,24H,15H2,1-4H3/t21-,24-/m0/s1. The summed E-state index contributed by atoms with van der Waals surface area (Å²) < 4.78 is 6.35. The molecule has 0 amide bonds. The van der Waals surface area contributed by atoms with E-state index in [-0.39, 0.29) is 17.5 Å². The summed E-state index contributed by atoms with van der Waals surface area (Å²) >= 11 is 1.81. The number of rotatable bonds is 1. The van der Waals surface area contributed by atoms with E-state index in [2.05, 4.69) is 93.3 Å². The Morgan fingerprint density at radius 1 is 1.00 bits per heavy atom. The Balaban J connectivity index is 1.53. The Labute approximate surface area is 187 Å². The van der Waals surface area contributed by atoms with Crippen LogP contribution in [0.25, 0.3) is 16.5 Å². The minimum absolute atomic E-state index is 0.105. The highest BCUT2D eigenvalue weighted by Crippen LogP contribution is 2.55. The van der Waals surface area contributed by atoms with E-state index in [1.165, 1.54) is 38.1 Å². The van der Waals surface area contributed by atoms with Crippen LogP contribution in [0.1, 0.15) is 43.5 Å². The molecule has 0 aliphatic carbocycles. The van der Waals surface area contributed by atoms with Crippen molar-refractivity contribution in [1.29, 1.82) is 0 Å². The summed E-state index contributed by atoms with van der Waals surface area (Å²) in [5.41, 5.74) is 4.95. The molecule has 0 N–H and O–H groups in total. The van der Waals surface area contributed by atoms with Gasteiger partial charge in [0.25, 0.3) is 0 Å². The number of fused-ring (bicyclic) bond motifs is 6. The van der Waals surface area contributed by atoms with Crippen molar-refractivity contribution in [2.24, 2.45) is 10.9 Å². The first-order valence-corrected chi connectivity index (χ1v) is 11.7. The lowest BCUT2D eigenvalue weighted by atomic mass is 9.74. The summed E-state index contributed by atoms with van der Waals surface area (Å²) in [5, 5.41) is 3.62. The van der Waals surface area contributed by atoms with Crippen molar-refractivity contribution >= 4 is 33.4 Å². The average molecular weight is 427 g/mol. The first-order chi connectivity index (χ1) is 14.9. The van der Waals surface area contributed by atoms with Gasteiger partial charge in [0, 0.05) is 21.9 Å². The fourth-order valence-corrected chi connectivity index (χ4v) is 6.52. The summed E-state index contributed by atoms with van der Waals surface area (Å²) in [7, 11) is 0. The Hall–Kier alpha value is -2.72. The van der Waals surface area contributed by atoms with E-state index in [4.69, 9.17) is 9.73 Å². The highest BCUT2D eigenvalue weighted by atomic mass is 32.2. The molecule has 3 aliphatic rings. The second-order valence-electron chi connectivity index (χ2n) is 9.33. The van der Waals surface area contributed by atoms with Crippen molar-refractivity contribution in [1.82, 2.24) is 4.90 Å². The SMILES string of the molecule is CC1=C(c2ccc(C)cc2)N2C(=N[C@@H]3c4c(ccc5ccccc45)OC[C@@H]3C2(C)C)S1. The molecule has 0 radical (unpaired) electrons. The molecule has 0 bridgehead atoms. The monoisotopic (exact) mass is 426 g/mol. The van der Waals surface area contributed by atoms with E-state index in [1.54, 1.807) is 0 Å². The molecule has 0 unspecified atom stereocenters. The van der Waals surface area contributed by atoms with Crippen molar-refractivity contribution in [2.75, 3.05) is 6.61 Å². The average Bonchev–Trinajstić information content (AvgIpc) is 3.10. The van der Waals surface area contributed by atoms with Crippen LogP contribution in [0.2, 0.25) is 0 Å². The van der Waals surface area contributed by atoms with E-state index in [1.807, 2.05) is 11.8 Å². The van der Waals surface area contributed by atoms with Crippen LogP contribution in [0, 0.1) is 12.8 Å². The third kappa shape index (κ3) is 2.71. The van der Waals surface area contributed by atoms with Gasteiger partial charge in [0.2, 0.25) is 0 Å². The number of aliphatic imine (C=N–C) groups is 1. The van der Waals surface area contributed by atoms with Crippen molar-refractivity contribution in [3.8, 4) is 5.75 Å². The molecule has 156 valence electrons. The molecule has 3 aromatic carbocycles. The maximum atomic E-state index is 6.35. The lowest BCUT2D eigenvalue weighted by Gasteiger charge is -2.51. The van der Waals surface area contributed by atoms with Crippen LogP contribution in [0.4, 0.5) is 0 Å². The molecule has 0 saturated carbocycles. The Morgan fingerprint density at radius 2 is 1.77 bits per heavy atom. The van der Waals surface area contributed by atoms with E-state index >= 15 is 0 Å². The minimum atomic E-state index is -0.124.